The fourth-order valence-corrected chi connectivity index (χ4v) is 3.78. The van der Waals surface area contributed by atoms with Crippen LogP contribution in [0.2, 0.25) is 0 Å². The summed E-state index contributed by atoms with van der Waals surface area (Å²) >= 11 is 1.51. The molecule has 0 spiro atoms. The molecule has 0 aromatic heterocycles. The van der Waals surface area contributed by atoms with Crippen LogP contribution in [-0.2, 0) is 11.2 Å². The number of nitrogens with one attached hydrogen (secondary N) is 1. The fraction of sp³-hybridized carbons (Fsp3) is 0.333. The second kappa shape index (κ2) is 9.43. The van der Waals surface area contributed by atoms with Crippen molar-refractivity contribution in [3.63, 3.8) is 0 Å². The molecule has 0 radical (unpaired) electrons. The number of likely N-dealkylation sites (tertiary alicyclic amines) is 1. The zero-order chi connectivity index (χ0) is 18.2. The number of benzene rings is 2. The van der Waals surface area contributed by atoms with Gasteiger partial charge in [0.2, 0.25) is 5.91 Å². The molecule has 2 aromatic rings. The van der Waals surface area contributed by atoms with Gasteiger partial charge >= 0.3 is 0 Å². The van der Waals surface area contributed by atoms with Gasteiger partial charge in [-0.2, -0.15) is 0 Å². The van der Waals surface area contributed by atoms with Crippen LogP contribution in [-0.4, -0.2) is 34.8 Å². The van der Waals surface area contributed by atoms with Crippen molar-refractivity contribution in [1.82, 2.24) is 4.90 Å². The first-order chi connectivity index (χ1) is 12.7. The predicted molar refractivity (Wildman–Crippen MR) is 111 cm³/mol. The first kappa shape index (κ1) is 18.5. The molecule has 5 heteroatoms. The number of aryl methyl sites for hydroxylation is 1. The molecular weight excluding hydrogens is 342 g/mol. The average molecular weight is 368 g/mol. The van der Waals surface area contributed by atoms with Crippen LogP contribution in [0.25, 0.3) is 0 Å². The van der Waals surface area contributed by atoms with Crippen molar-refractivity contribution in [2.45, 2.75) is 26.2 Å². The minimum absolute atomic E-state index is 0.00297. The maximum Gasteiger partial charge on any atom is 0.234 e. The number of hydrogen-bond acceptors (Lipinski definition) is 3. The van der Waals surface area contributed by atoms with Crippen molar-refractivity contribution in [2.24, 2.45) is 4.99 Å². The van der Waals surface area contributed by atoms with Crippen LogP contribution in [0.15, 0.2) is 59.6 Å². The van der Waals surface area contributed by atoms with Gasteiger partial charge in [-0.1, -0.05) is 49.0 Å². The summed E-state index contributed by atoms with van der Waals surface area (Å²) in [6.45, 7) is 4.14. The molecule has 1 aliphatic rings. The van der Waals surface area contributed by atoms with Gasteiger partial charge in [0.1, 0.15) is 0 Å². The Hall–Kier alpha value is -2.27. The molecule has 26 heavy (non-hydrogen) atoms. The maximum absolute atomic E-state index is 12.4. The highest BCUT2D eigenvalue weighted by Crippen LogP contribution is 2.21. The largest absolute Gasteiger partial charge is 0.351 e. The van der Waals surface area contributed by atoms with E-state index in [1.54, 1.807) is 0 Å². The molecule has 1 saturated heterocycles. The summed E-state index contributed by atoms with van der Waals surface area (Å²) in [7, 11) is 0. The SMILES string of the molecule is CCc1cccc(NC(=O)CSC(=Nc2ccccc2)N2CCCC2)c1. The second-order valence-corrected chi connectivity index (χ2v) is 7.26. The van der Waals surface area contributed by atoms with Gasteiger partial charge in [-0.25, -0.2) is 4.99 Å². The van der Waals surface area contributed by atoms with Crippen molar-refractivity contribution in [1.29, 1.82) is 0 Å². The maximum atomic E-state index is 12.4. The predicted octanol–water partition coefficient (Wildman–Crippen LogP) is 4.70. The van der Waals surface area contributed by atoms with Gasteiger partial charge in [0.25, 0.3) is 0 Å². The van der Waals surface area contributed by atoms with Crippen molar-refractivity contribution < 1.29 is 4.79 Å². The van der Waals surface area contributed by atoms with Crippen LogP contribution >= 0.6 is 11.8 Å². The highest BCUT2D eigenvalue weighted by atomic mass is 32.2. The molecule has 1 heterocycles. The number of para-hydroxylation sites is 1. The molecular formula is C21H25N3OS. The average Bonchev–Trinajstić information content (AvgIpc) is 3.21. The third kappa shape index (κ3) is 5.36. The molecule has 0 atom stereocenters. The van der Waals surface area contributed by atoms with E-state index in [9.17, 15) is 4.79 Å². The molecule has 1 fully saturated rings. The summed E-state index contributed by atoms with van der Waals surface area (Å²) in [4.78, 5) is 19.4. The minimum atomic E-state index is 0.00297. The van der Waals surface area contributed by atoms with Crippen LogP contribution < -0.4 is 5.32 Å². The number of carbonyl (C=O) groups is 1. The number of hydrogen-bond donors (Lipinski definition) is 1. The number of anilines is 1. The third-order valence-electron chi connectivity index (χ3n) is 4.31. The highest BCUT2D eigenvalue weighted by molar-refractivity contribution is 8.14. The Morgan fingerprint density at radius 3 is 2.62 bits per heavy atom. The van der Waals surface area contributed by atoms with Gasteiger partial charge in [-0.3, -0.25) is 4.79 Å². The quantitative estimate of drug-likeness (QED) is 0.615. The first-order valence-electron chi connectivity index (χ1n) is 9.15. The molecule has 4 nitrogen and oxygen atoms in total. The summed E-state index contributed by atoms with van der Waals surface area (Å²) in [6.07, 6.45) is 3.33. The van der Waals surface area contributed by atoms with Gasteiger partial charge < -0.3 is 10.2 Å². The van der Waals surface area contributed by atoms with Gasteiger partial charge in [0, 0.05) is 18.8 Å². The molecule has 136 valence electrons. The lowest BCUT2D eigenvalue weighted by atomic mass is 10.1. The number of carbonyl (C=O) groups excluding carboxylic acids is 1. The standard InChI is InChI=1S/C21H25N3OS/c1-2-17-9-8-12-19(15-17)22-20(25)16-26-21(24-13-6-7-14-24)23-18-10-4-3-5-11-18/h3-5,8-12,15H,2,6-7,13-14,16H2,1H3,(H,22,25). The Balaban J connectivity index is 1.63. The van der Waals surface area contributed by atoms with Crippen molar-refractivity contribution >= 4 is 34.2 Å². The second-order valence-electron chi connectivity index (χ2n) is 6.31. The van der Waals surface area contributed by atoms with E-state index >= 15 is 0 Å². The highest BCUT2D eigenvalue weighted by Gasteiger charge is 2.18. The number of nitrogens with zero attached hydrogens (tertiary/aromatic N) is 2. The molecule has 0 aliphatic carbocycles. The Bertz CT molecular complexity index is 755. The first-order valence-corrected chi connectivity index (χ1v) is 10.1. The van der Waals surface area contributed by atoms with E-state index in [2.05, 4.69) is 23.2 Å². The zero-order valence-electron chi connectivity index (χ0n) is 15.1. The summed E-state index contributed by atoms with van der Waals surface area (Å²) < 4.78 is 0. The van der Waals surface area contributed by atoms with E-state index in [0.717, 1.165) is 36.1 Å². The molecule has 2 aromatic carbocycles. The summed E-state index contributed by atoms with van der Waals surface area (Å²) in [5, 5.41) is 3.93. The van der Waals surface area contributed by atoms with Gasteiger partial charge in [0.05, 0.1) is 11.4 Å². The van der Waals surface area contributed by atoms with Crippen LogP contribution in [0.5, 0.6) is 0 Å². The number of amidine groups is 1. The van der Waals surface area contributed by atoms with Crippen LogP contribution in [0, 0.1) is 0 Å². The number of thioether (sulfide) groups is 1. The van der Waals surface area contributed by atoms with Crippen molar-refractivity contribution in [2.75, 3.05) is 24.2 Å². The molecule has 1 amide bonds. The van der Waals surface area contributed by atoms with Crippen molar-refractivity contribution in [3.05, 3.63) is 60.2 Å². The van der Waals surface area contributed by atoms with Gasteiger partial charge in [-0.15, -0.1) is 0 Å². The smallest absolute Gasteiger partial charge is 0.234 e. The topological polar surface area (TPSA) is 44.7 Å². The Labute approximate surface area is 159 Å². The van der Waals surface area contributed by atoms with Crippen LogP contribution in [0.3, 0.4) is 0 Å². The minimum Gasteiger partial charge on any atom is -0.351 e. The Morgan fingerprint density at radius 1 is 1.12 bits per heavy atom. The molecule has 1 aliphatic heterocycles. The molecule has 0 bridgehead atoms. The molecule has 0 unspecified atom stereocenters. The Morgan fingerprint density at radius 2 is 1.88 bits per heavy atom. The molecule has 3 rings (SSSR count). The van der Waals surface area contributed by atoms with Gasteiger partial charge in [-0.05, 0) is 49.1 Å². The Kier molecular flexibility index (Phi) is 6.72. The van der Waals surface area contributed by atoms with E-state index in [-0.39, 0.29) is 5.91 Å². The number of aliphatic imine (C=N–C) groups is 1. The summed E-state index contributed by atoms with van der Waals surface area (Å²) in [6, 6.07) is 18.0. The van der Waals surface area contributed by atoms with Crippen LogP contribution in [0.1, 0.15) is 25.3 Å². The fourth-order valence-electron chi connectivity index (χ4n) is 2.91. The summed E-state index contributed by atoms with van der Waals surface area (Å²) in [5.41, 5.74) is 3.01. The normalized spacial score (nSPS) is 14.5. The lowest BCUT2D eigenvalue weighted by Gasteiger charge is -2.19. The summed E-state index contributed by atoms with van der Waals surface area (Å²) in [5.74, 6) is 0.363. The number of rotatable bonds is 5. The van der Waals surface area contributed by atoms with E-state index in [0.29, 0.717) is 5.75 Å². The number of amides is 1. The van der Waals surface area contributed by atoms with Crippen molar-refractivity contribution in [3.8, 4) is 0 Å². The zero-order valence-corrected chi connectivity index (χ0v) is 16.0. The van der Waals surface area contributed by atoms with E-state index < -0.39 is 0 Å². The molecule has 1 N–H and O–H groups in total. The van der Waals surface area contributed by atoms with Gasteiger partial charge in [0.15, 0.2) is 5.17 Å². The third-order valence-corrected chi connectivity index (χ3v) is 5.32. The van der Waals surface area contributed by atoms with E-state index in [4.69, 9.17) is 4.99 Å². The van der Waals surface area contributed by atoms with Crippen LogP contribution in [0.4, 0.5) is 11.4 Å². The van der Waals surface area contributed by atoms with E-state index in [1.807, 2.05) is 48.5 Å². The lowest BCUT2D eigenvalue weighted by molar-refractivity contribution is -0.113. The monoisotopic (exact) mass is 367 g/mol. The molecule has 0 saturated carbocycles. The lowest BCUT2D eigenvalue weighted by Crippen LogP contribution is -2.27. The van der Waals surface area contributed by atoms with E-state index in [1.165, 1.54) is 30.2 Å².